The van der Waals surface area contributed by atoms with E-state index in [-0.39, 0.29) is 11.4 Å². The Morgan fingerprint density at radius 3 is 2.60 bits per heavy atom. The maximum Gasteiger partial charge on any atom is 0.416 e. The first-order chi connectivity index (χ1) is 14.1. The van der Waals surface area contributed by atoms with E-state index in [2.05, 4.69) is 15.4 Å². The lowest BCUT2D eigenvalue weighted by Gasteiger charge is -2.14. The van der Waals surface area contributed by atoms with E-state index in [0.29, 0.717) is 12.1 Å². The van der Waals surface area contributed by atoms with Crippen molar-refractivity contribution in [2.45, 2.75) is 6.18 Å². The molecule has 1 aromatic heterocycles. The second-order valence-corrected chi connectivity index (χ2v) is 5.78. The minimum absolute atomic E-state index is 0.107. The van der Waals surface area contributed by atoms with Gasteiger partial charge >= 0.3 is 6.18 Å². The van der Waals surface area contributed by atoms with Crippen LogP contribution >= 0.6 is 0 Å². The van der Waals surface area contributed by atoms with Crippen molar-refractivity contribution in [1.82, 2.24) is 14.8 Å². The SMILES string of the molecule is O=C(COc1ccc([N+](=O)[O-])cc1F)Nc1cc(C(F)(F)F)ccc1-n1cncn1. The van der Waals surface area contributed by atoms with E-state index in [4.69, 9.17) is 4.74 Å². The highest BCUT2D eigenvalue weighted by Crippen LogP contribution is 2.33. The summed E-state index contributed by atoms with van der Waals surface area (Å²) in [5.74, 6) is -2.40. The van der Waals surface area contributed by atoms with Crippen LogP contribution in [0.1, 0.15) is 5.56 Å². The van der Waals surface area contributed by atoms with E-state index in [1.807, 2.05) is 0 Å². The molecular weight excluding hydrogens is 414 g/mol. The van der Waals surface area contributed by atoms with Crippen LogP contribution in [0.3, 0.4) is 0 Å². The molecule has 1 heterocycles. The number of hydrogen-bond donors (Lipinski definition) is 1. The van der Waals surface area contributed by atoms with Gasteiger partial charge in [0, 0.05) is 6.07 Å². The number of benzene rings is 2. The van der Waals surface area contributed by atoms with Gasteiger partial charge in [0.1, 0.15) is 12.7 Å². The van der Waals surface area contributed by atoms with Crippen molar-refractivity contribution in [1.29, 1.82) is 0 Å². The molecule has 0 unspecified atom stereocenters. The zero-order chi connectivity index (χ0) is 21.9. The van der Waals surface area contributed by atoms with E-state index in [9.17, 15) is 32.5 Å². The molecule has 156 valence electrons. The third-order valence-electron chi connectivity index (χ3n) is 3.75. The van der Waals surface area contributed by atoms with Gasteiger partial charge < -0.3 is 10.1 Å². The number of rotatable bonds is 6. The second-order valence-electron chi connectivity index (χ2n) is 5.78. The summed E-state index contributed by atoms with van der Waals surface area (Å²) in [5.41, 5.74) is -1.64. The number of carbonyl (C=O) groups excluding carboxylic acids is 1. The van der Waals surface area contributed by atoms with Crippen LogP contribution in [-0.4, -0.2) is 32.2 Å². The highest BCUT2D eigenvalue weighted by molar-refractivity contribution is 5.94. The van der Waals surface area contributed by atoms with Crippen molar-refractivity contribution < 1.29 is 32.0 Å². The Balaban J connectivity index is 1.78. The molecule has 1 amide bonds. The Kier molecular flexibility index (Phi) is 5.62. The molecule has 0 bridgehead atoms. The zero-order valence-electron chi connectivity index (χ0n) is 14.8. The lowest BCUT2D eigenvalue weighted by atomic mass is 10.1. The van der Waals surface area contributed by atoms with Crippen LogP contribution in [-0.2, 0) is 11.0 Å². The molecule has 1 N–H and O–H groups in total. The zero-order valence-corrected chi connectivity index (χ0v) is 14.8. The number of aromatic nitrogens is 3. The molecule has 3 aromatic rings. The smallest absolute Gasteiger partial charge is 0.416 e. The minimum Gasteiger partial charge on any atom is -0.481 e. The van der Waals surface area contributed by atoms with Gasteiger partial charge in [0.15, 0.2) is 18.2 Å². The highest BCUT2D eigenvalue weighted by atomic mass is 19.4. The molecule has 9 nitrogen and oxygen atoms in total. The fourth-order valence-electron chi connectivity index (χ4n) is 2.39. The number of non-ortho nitro benzene ring substituents is 1. The lowest BCUT2D eigenvalue weighted by molar-refractivity contribution is -0.385. The van der Waals surface area contributed by atoms with Gasteiger partial charge in [0.25, 0.3) is 11.6 Å². The topological polar surface area (TPSA) is 112 Å². The number of nitro benzene ring substituents is 1. The third-order valence-corrected chi connectivity index (χ3v) is 3.75. The van der Waals surface area contributed by atoms with Crippen LogP contribution in [0.5, 0.6) is 5.75 Å². The molecule has 0 aliphatic heterocycles. The van der Waals surface area contributed by atoms with Gasteiger partial charge in [0.2, 0.25) is 0 Å². The maximum atomic E-state index is 13.8. The molecule has 30 heavy (non-hydrogen) atoms. The summed E-state index contributed by atoms with van der Waals surface area (Å²) in [6, 6.07) is 5.18. The van der Waals surface area contributed by atoms with Crippen molar-refractivity contribution in [2.75, 3.05) is 11.9 Å². The highest BCUT2D eigenvalue weighted by Gasteiger charge is 2.31. The van der Waals surface area contributed by atoms with Crippen molar-refractivity contribution in [3.63, 3.8) is 0 Å². The lowest BCUT2D eigenvalue weighted by Crippen LogP contribution is -2.22. The van der Waals surface area contributed by atoms with Gasteiger partial charge in [0.05, 0.1) is 27.9 Å². The van der Waals surface area contributed by atoms with Gasteiger partial charge in [-0.25, -0.2) is 14.1 Å². The summed E-state index contributed by atoms with van der Waals surface area (Å²) in [6.45, 7) is -0.762. The molecule has 0 spiro atoms. The van der Waals surface area contributed by atoms with E-state index < -0.39 is 46.4 Å². The molecule has 0 aliphatic rings. The Morgan fingerprint density at radius 1 is 1.23 bits per heavy atom. The quantitative estimate of drug-likeness (QED) is 0.368. The summed E-state index contributed by atoms with van der Waals surface area (Å²) < 4.78 is 59.0. The Morgan fingerprint density at radius 2 is 2.00 bits per heavy atom. The summed E-state index contributed by atoms with van der Waals surface area (Å²) in [4.78, 5) is 25.7. The van der Waals surface area contributed by atoms with Gasteiger partial charge in [-0.3, -0.25) is 14.9 Å². The number of anilines is 1. The van der Waals surface area contributed by atoms with Crippen LogP contribution in [0, 0.1) is 15.9 Å². The normalized spacial score (nSPS) is 11.2. The monoisotopic (exact) mass is 425 g/mol. The minimum atomic E-state index is -4.65. The summed E-state index contributed by atoms with van der Waals surface area (Å²) in [6.07, 6.45) is -2.27. The molecule has 0 fully saturated rings. The van der Waals surface area contributed by atoms with Crippen molar-refractivity contribution >= 4 is 17.3 Å². The molecule has 3 rings (SSSR count). The number of hydrogen-bond acceptors (Lipinski definition) is 6. The van der Waals surface area contributed by atoms with Crippen LogP contribution in [0.2, 0.25) is 0 Å². The fraction of sp³-hybridized carbons (Fsp3) is 0.118. The van der Waals surface area contributed by atoms with Crippen molar-refractivity contribution in [3.05, 3.63) is 70.5 Å². The van der Waals surface area contributed by atoms with Gasteiger partial charge in [-0.05, 0) is 24.3 Å². The molecule has 0 saturated heterocycles. The summed E-state index contributed by atoms with van der Waals surface area (Å²) in [7, 11) is 0. The van der Waals surface area contributed by atoms with Crippen molar-refractivity contribution in [2.24, 2.45) is 0 Å². The fourth-order valence-corrected chi connectivity index (χ4v) is 2.39. The predicted molar refractivity (Wildman–Crippen MR) is 93.5 cm³/mol. The molecule has 0 radical (unpaired) electrons. The van der Waals surface area contributed by atoms with Crippen LogP contribution in [0.25, 0.3) is 5.69 Å². The van der Waals surface area contributed by atoms with E-state index >= 15 is 0 Å². The largest absolute Gasteiger partial charge is 0.481 e. The Labute approximate surface area is 165 Å². The maximum absolute atomic E-state index is 13.8. The number of ether oxygens (including phenoxy) is 1. The molecule has 0 aliphatic carbocycles. The number of halogens is 4. The molecule has 2 aromatic carbocycles. The third kappa shape index (κ3) is 4.68. The average molecular weight is 425 g/mol. The molecule has 0 atom stereocenters. The first kappa shape index (κ1) is 20.7. The summed E-state index contributed by atoms with van der Waals surface area (Å²) in [5, 5.41) is 16.7. The predicted octanol–water partition coefficient (Wildman–Crippen LogP) is 3.35. The Hall–Kier alpha value is -4.03. The van der Waals surface area contributed by atoms with E-state index in [1.54, 1.807) is 0 Å². The average Bonchev–Trinajstić information content (AvgIpc) is 3.20. The van der Waals surface area contributed by atoms with Crippen LogP contribution in [0.15, 0.2) is 49.1 Å². The van der Waals surface area contributed by atoms with Gasteiger partial charge in [-0.15, -0.1) is 0 Å². The number of nitro groups is 1. The van der Waals surface area contributed by atoms with Gasteiger partial charge in [-0.2, -0.15) is 18.3 Å². The summed E-state index contributed by atoms with van der Waals surface area (Å²) >= 11 is 0. The molecular formula is C17H11F4N5O4. The van der Waals surface area contributed by atoms with Crippen LogP contribution in [0.4, 0.5) is 28.9 Å². The van der Waals surface area contributed by atoms with Crippen molar-refractivity contribution in [3.8, 4) is 11.4 Å². The van der Waals surface area contributed by atoms with E-state index in [0.717, 1.165) is 35.3 Å². The molecule has 0 saturated carbocycles. The molecule has 13 heteroatoms. The second kappa shape index (κ2) is 8.14. The number of nitrogens with zero attached hydrogens (tertiary/aromatic N) is 4. The first-order valence-corrected chi connectivity index (χ1v) is 8.08. The standard InChI is InChI=1S/C17H11F4N5O4/c18-12-6-11(26(28)29)2-4-15(12)30-7-16(27)24-13-5-10(17(19,20)21)1-3-14(13)25-9-22-8-23-25/h1-6,8-9H,7H2,(H,24,27). The number of alkyl halides is 3. The van der Waals surface area contributed by atoms with Crippen LogP contribution < -0.4 is 10.1 Å². The number of amides is 1. The number of nitrogens with one attached hydrogen (secondary N) is 1. The number of carbonyl (C=O) groups is 1. The van der Waals surface area contributed by atoms with E-state index in [1.165, 1.54) is 6.33 Å². The first-order valence-electron chi connectivity index (χ1n) is 8.08. The Bertz CT molecular complexity index is 1090. The van der Waals surface area contributed by atoms with Gasteiger partial charge in [-0.1, -0.05) is 0 Å².